The third-order valence-corrected chi connectivity index (χ3v) is 5.94. The zero-order valence-electron chi connectivity index (χ0n) is 18.2. The predicted octanol–water partition coefficient (Wildman–Crippen LogP) is 5.10. The minimum absolute atomic E-state index is 0.0253. The molecule has 1 amide bonds. The van der Waals surface area contributed by atoms with Crippen LogP contribution >= 0.6 is 11.8 Å². The molecule has 7 nitrogen and oxygen atoms in total. The van der Waals surface area contributed by atoms with Crippen LogP contribution in [0.4, 0.5) is 5.69 Å². The molecule has 8 heteroatoms. The van der Waals surface area contributed by atoms with Gasteiger partial charge in [-0.2, -0.15) is 0 Å². The van der Waals surface area contributed by atoms with Crippen molar-refractivity contribution in [3.63, 3.8) is 0 Å². The van der Waals surface area contributed by atoms with Crippen molar-refractivity contribution >= 4 is 51.2 Å². The number of rotatable bonds is 9. The largest absolute Gasteiger partial charge is 0.326 e. The van der Waals surface area contributed by atoms with Gasteiger partial charge in [0, 0.05) is 29.6 Å². The van der Waals surface area contributed by atoms with E-state index < -0.39 is 0 Å². The number of nitrogens with zero attached hydrogens (tertiary/aromatic N) is 4. The van der Waals surface area contributed by atoms with Crippen LogP contribution < -0.4 is 5.32 Å². The topological polar surface area (TPSA) is 89.8 Å². The highest BCUT2D eigenvalue weighted by molar-refractivity contribution is 7.99. The molecule has 2 heterocycles. The van der Waals surface area contributed by atoms with E-state index in [9.17, 15) is 9.59 Å². The number of ketones is 1. The van der Waals surface area contributed by atoms with Crippen LogP contribution in [-0.2, 0) is 11.3 Å². The van der Waals surface area contributed by atoms with Gasteiger partial charge in [0.05, 0.1) is 11.3 Å². The molecule has 4 rings (SSSR count). The summed E-state index contributed by atoms with van der Waals surface area (Å²) < 4.78 is 2.16. The number of thioether (sulfide) groups is 1. The second-order valence-corrected chi connectivity index (χ2v) is 8.47. The standard InChI is InChI=1S/C24H25N5O2S/c1-3-7-21(31)25-17-12-10-16(11-13-17)20(30)15-32-24-26-23-22(27-28-24)18-8-5-6-9-19(18)29(23)14-4-2/h5-6,8-13H,3-4,7,14-15H2,1-2H3,(H,25,31). The van der Waals surface area contributed by atoms with Crippen LogP contribution in [0.15, 0.2) is 53.7 Å². The lowest BCUT2D eigenvalue weighted by Gasteiger charge is -2.06. The van der Waals surface area contributed by atoms with Gasteiger partial charge in [-0.15, -0.1) is 10.2 Å². The van der Waals surface area contributed by atoms with Crippen molar-refractivity contribution in [3.8, 4) is 0 Å². The lowest BCUT2D eigenvalue weighted by atomic mass is 10.1. The first kappa shape index (κ1) is 22.0. The Morgan fingerprint density at radius 2 is 1.78 bits per heavy atom. The summed E-state index contributed by atoms with van der Waals surface area (Å²) in [7, 11) is 0. The van der Waals surface area contributed by atoms with Crippen molar-refractivity contribution in [1.29, 1.82) is 0 Å². The Hall–Kier alpha value is -3.26. The summed E-state index contributed by atoms with van der Waals surface area (Å²) >= 11 is 1.28. The van der Waals surface area contributed by atoms with Crippen molar-refractivity contribution in [2.24, 2.45) is 0 Å². The SMILES string of the molecule is CCCC(=O)Nc1ccc(C(=O)CSc2nnc3c4ccccc4n(CCC)c3n2)cc1. The Labute approximate surface area is 190 Å². The van der Waals surface area contributed by atoms with Crippen LogP contribution in [0.1, 0.15) is 43.5 Å². The Morgan fingerprint density at radius 3 is 2.53 bits per heavy atom. The number of aromatic nitrogens is 4. The highest BCUT2D eigenvalue weighted by Gasteiger charge is 2.15. The van der Waals surface area contributed by atoms with Crippen LogP contribution in [0.2, 0.25) is 0 Å². The molecule has 0 saturated heterocycles. The molecular formula is C24H25N5O2S. The van der Waals surface area contributed by atoms with Crippen LogP contribution in [0, 0.1) is 0 Å². The zero-order valence-corrected chi connectivity index (χ0v) is 19.0. The number of fused-ring (bicyclic) bond motifs is 3. The molecule has 0 unspecified atom stereocenters. The maximum atomic E-state index is 12.6. The lowest BCUT2D eigenvalue weighted by Crippen LogP contribution is -2.11. The number of hydrogen-bond donors (Lipinski definition) is 1. The minimum atomic E-state index is -0.0285. The molecular weight excluding hydrogens is 422 g/mol. The molecule has 0 atom stereocenters. The van der Waals surface area contributed by atoms with Gasteiger partial charge >= 0.3 is 0 Å². The van der Waals surface area contributed by atoms with Crippen LogP contribution in [0.25, 0.3) is 22.1 Å². The maximum absolute atomic E-state index is 12.6. The summed E-state index contributed by atoms with van der Waals surface area (Å²) in [5.74, 6) is 0.157. The molecule has 0 spiro atoms. The average Bonchev–Trinajstić information content (AvgIpc) is 3.11. The summed E-state index contributed by atoms with van der Waals surface area (Å²) in [6, 6.07) is 15.1. The molecule has 4 aromatic rings. The smallest absolute Gasteiger partial charge is 0.224 e. The third kappa shape index (κ3) is 4.65. The second-order valence-electron chi connectivity index (χ2n) is 7.52. The van der Waals surface area contributed by atoms with Gasteiger partial charge in [0.1, 0.15) is 5.52 Å². The van der Waals surface area contributed by atoms with Crippen molar-refractivity contribution < 1.29 is 9.59 Å². The Kier molecular flexibility index (Phi) is 6.80. The molecule has 0 aliphatic rings. The van der Waals surface area contributed by atoms with Crippen molar-refractivity contribution in [2.45, 2.75) is 44.8 Å². The fraction of sp³-hybridized carbons (Fsp3) is 0.292. The molecule has 0 bridgehead atoms. The van der Waals surface area contributed by atoms with Gasteiger partial charge in [-0.3, -0.25) is 9.59 Å². The summed E-state index contributed by atoms with van der Waals surface area (Å²) in [6.45, 7) is 4.93. The van der Waals surface area contributed by atoms with Crippen molar-refractivity contribution in [2.75, 3.05) is 11.1 Å². The highest BCUT2D eigenvalue weighted by atomic mass is 32.2. The van der Waals surface area contributed by atoms with Crippen LogP contribution in [-0.4, -0.2) is 37.2 Å². The van der Waals surface area contributed by atoms with Gasteiger partial charge in [0.15, 0.2) is 11.4 Å². The van der Waals surface area contributed by atoms with E-state index in [2.05, 4.69) is 33.1 Å². The number of anilines is 1. The summed E-state index contributed by atoms with van der Waals surface area (Å²) in [5, 5.41) is 13.0. The highest BCUT2D eigenvalue weighted by Crippen LogP contribution is 2.27. The molecule has 0 fully saturated rings. The monoisotopic (exact) mass is 447 g/mol. The first-order chi connectivity index (χ1) is 15.6. The third-order valence-electron chi connectivity index (χ3n) is 5.10. The average molecular weight is 448 g/mol. The van der Waals surface area contributed by atoms with Gasteiger partial charge in [-0.1, -0.05) is 43.8 Å². The maximum Gasteiger partial charge on any atom is 0.224 e. The van der Waals surface area contributed by atoms with E-state index >= 15 is 0 Å². The van der Waals surface area contributed by atoms with Gasteiger partial charge in [-0.05, 0) is 43.2 Å². The van der Waals surface area contributed by atoms with E-state index in [1.807, 2.05) is 25.1 Å². The van der Waals surface area contributed by atoms with Gasteiger partial charge in [-0.25, -0.2) is 4.98 Å². The Bertz CT molecular complexity index is 1270. The fourth-order valence-electron chi connectivity index (χ4n) is 3.60. The number of amides is 1. The summed E-state index contributed by atoms with van der Waals surface area (Å²) in [4.78, 5) is 29.1. The predicted molar refractivity (Wildman–Crippen MR) is 128 cm³/mol. The number of carbonyl (C=O) groups is 2. The molecule has 1 N–H and O–H groups in total. The van der Waals surface area contributed by atoms with E-state index in [0.717, 1.165) is 41.5 Å². The van der Waals surface area contributed by atoms with E-state index in [4.69, 9.17) is 4.98 Å². The van der Waals surface area contributed by atoms with E-state index in [-0.39, 0.29) is 17.4 Å². The number of benzene rings is 2. The molecule has 0 aliphatic carbocycles. The second kappa shape index (κ2) is 9.91. The number of para-hydroxylation sites is 1. The molecule has 0 radical (unpaired) electrons. The van der Waals surface area contributed by atoms with Gasteiger partial charge < -0.3 is 9.88 Å². The fourth-order valence-corrected chi connectivity index (χ4v) is 4.28. The normalized spacial score (nSPS) is 11.2. The van der Waals surface area contributed by atoms with Crippen molar-refractivity contribution in [3.05, 3.63) is 54.1 Å². The number of nitrogens with one attached hydrogen (secondary N) is 1. The van der Waals surface area contributed by atoms with Crippen LogP contribution in [0.5, 0.6) is 0 Å². The number of hydrogen-bond acceptors (Lipinski definition) is 6. The molecule has 164 valence electrons. The number of aryl methyl sites for hydroxylation is 1. The molecule has 0 saturated carbocycles. The van der Waals surface area contributed by atoms with E-state index in [1.165, 1.54) is 11.8 Å². The first-order valence-corrected chi connectivity index (χ1v) is 11.8. The van der Waals surface area contributed by atoms with Crippen molar-refractivity contribution in [1.82, 2.24) is 19.7 Å². The molecule has 32 heavy (non-hydrogen) atoms. The molecule has 2 aromatic carbocycles. The molecule has 0 aliphatic heterocycles. The molecule has 2 aromatic heterocycles. The van der Waals surface area contributed by atoms with E-state index in [1.54, 1.807) is 24.3 Å². The Morgan fingerprint density at radius 1 is 1.00 bits per heavy atom. The zero-order chi connectivity index (χ0) is 22.5. The summed E-state index contributed by atoms with van der Waals surface area (Å²) in [5.41, 5.74) is 3.95. The van der Waals surface area contributed by atoms with Gasteiger partial charge in [0.2, 0.25) is 11.1 Å². The first-order valence-electron chi connectivity index (χ1n) is 10.8. The Balaban J connectivity index is 1.48. The van der Waals surface area contributed by atoms with Crippen LogP contribution in [0.3, 0.4) is 0 Å². The number of Topliss-reactive ketones (excluding diaryl/α,β-unsaturated/α-hetero) is 1. The quantitative estimate of drug-likeness (QED) is 0.283. The minimum Gasteiger partial charge on any atom is -0.326 e. The van der Waals surface area contributed by atoms with Gasteiger partial charge in [0.25, 0.3) is 0 Å². The lowest BCUT2D eigenvalue weighted by molar-refractivity contribution is -0.116. The van der Waals surface area contributed by atoms with E-state index in [0.29, 0.717) is 22.8 Å². The summed E-state index contributed by atoms with van der Waals surface area (Å²) in [6.07, 6.45) is 2.25. The number of carbonyl (C=O) groups excluding carboxylic acids is 2.